The van der Waals surface area contributed by atoms with Crippen molar-refractivity contribution in [1.29, 1.82) is 0 Å². The molecule has 0 aromatic heterocycles. The van der Waals surface area contributed by atoms with Crippen molar-refractivity contribution >= 4 is 0 Å². The van der Waals surface area contributed by atoms with Crippen LogP contribution in [0.1, 0.15) is 24.4 Å². The van der Waals surface area contributed by atoms with Crippen molar-refractivity contribution < 1.29 is 13.5 Å². The van der Waals surface area contributed by atoms with Gasteiger partial charge >= 0.3 is 0 Å². The third-order valence-electron chi connectivity index (χ3n) is 3.11. The normalized spacial score (nSPS) is 19.7. The summed E-state index contributed by atoms with van der Waals surface area (Å²) < 4.78 is 31.8. The van der Waals surface area contributed by atoms with Gasteiger partial charge < -0.3 is 10.5 Å². The van der Waals surface area contributed by atoms with E-state index in [9.17, 15) is 8.78 Å². The van der Waals surface area contributed by atoms with E-state index in [1.807, 2.05) is 0 Å². The number of halogens is 2. The second kappa shape index (κ2) is 4.89. The molecule has 16 heavy (non-hydrogen) atoms. The molecule has 1 heterocycles. The molecule has 1 atom stereocenters. The van der Waals surface area contributed by atoms with Crippen LogP contribution in [0.25, 0.3) is 0 Å². The highest BCUT2D eigenvalue weighted by atomic mass is 19.2. The summed E-state index contributed by atoms with van der Waals surface area (Å²) in [5.41, 5.74) is 6.25. The topological polar surface area (TPSA) is 35.2 Å². The van der Waals surface area contributed by atoms with Crippen LogP contribution in [0.2, 0.25) is 0 Å². The highest BCUT2D eigenvalue weighted by Gasteiger charge is 2.25. The lowest BCUT2D eigenvalue weighted by Crippen LogP contribution is -2.28. The number of rotatable bonds is 2. The van der Waals surface area contributed by atoms with Gasteiger partial charge in [-0.1, -0.05) is 12.1 Å². The molecule has 0 unspecified atom stereocenters. The summed E-state index contributed by atoms with van der Waals surface area (Å²) in [4.78, 5) is 0. The number of hydrogen-bond acceptors (Lipinski definition) is 2. The Morgan fingerprint density at radius 1 is 1.25 bits per heavy atom. The zero-order chi connectivity index (χ0) is 11.5. The molecule has 1 fully saturated rings. The van der Waals surface area contributed by atoms with E-state index in [0.29, 0.717) is 13.2 Å². The fraction of sp³-hybridized carbons (Fsp3) is 0.500. The predicted molar refractivity (Wildman–Crippen MR) is 56.8 cm³/mol. The Hall–Kier alpha value is -1.00. The summed E-state index contributed by atoms with van der Waals surface area (Å²) in [6.07, 6.45) is 1.61. The lowest BCUT2D eigenvalue weighted by molar-refractivity contribution is 0.0579. The summed E-state index contributed by atoms with van der Waals surface area (Å²) in [6.45, 7) is 1.30. The van der Waals surface area contributed by atoms with E-state index in [0.717, 1.165) is 18.9 Å². The quantitative estimate of drug-likeness (QED) is 0.842. The van der Waals surface area contributed by atoms with Gasteiger partial charge in [-0.15, -0.1) is 0 Å². The summed E-state index contributed by atoms with van der Waals surface area (Å²) >= 11 is 0. The molecule has 1 aromatic rings. The average Bonchev–Trinajstić information content (AvgIpc) is 2.33. The van der Waals surface area contributed by atoms with Crippen LogP contribution < -0.4 is 5.73 Å². The van der Waals surface area contributed by atoms with Crippen molar-refractivity contribution in [2.45, 2.75) is 18.9 Å². The fourth-order valence-electron chi connectivity index (χ4n) is 2.11. The van der Waals surface area contributed by atoms with E-state index < -0.39 is 17.7 Å². The van der Waals surface area contributed by atoms with Gasteiger partial charge in [0.05, 0.1) is 0 Å². The minimum atomic E-state index is -0.833. The van der Waals surface area contributed by atoms with Crippen LogP contribution in [0.5, 0.6) is 0 Å². The van der Waals surface area contributed by atoms with Gasteiger partial charge in [-0.05, 0) is 24.8 Å². The second-order valence-corrected chi connectivity index (χ2v) is 4.12. The maximum Gasteiger partial charge on any atom is 0.163 e. The highest BCUT2D eigenvalue weighted by Crippen LogP contribution is 2.29. The molecule has 4 heteroatoms. The molecular formula is C12H15F2NO. The van der Waals surface area contributed by atoms with Gasteiger partial charge in [-0.3, -0.25) is 0 Å². The minimum absolute atomic E-state index is 0.171. The SMILES string of the molecule is N[C@@H](c1cccc(F)c1F)C1CCOCC1. The lowest BCUT2D eigenvalue weighted by atomic mass is 9.87. The number of hydrogen-bond donors (Lipinski definition) is 1. The van der Waals surface area contributed by atoms with Gasteiger partial charge in [0.2, 0.25) is 0 Å². The third kappa shape index (κ3) is 2.23. The molecule has 2 N–H and O–H groups in total. The molecule has 1 aliphatic heterocycles. The van der Waals surface area contributed by atoms with E-state index in [-0.39, 0.29) is 11.5 Å². The van der Waals surface area contributed by atoms with Crippen molar-refractivity contribution in [3.63, 3.8) is 0 Å². The van der Waals surface area contributed by atoms with E-state index in [1.165, 1.54) is 6.07 Å². The largest absolute Gasteiger partial charge is 0.381 e. The van der Waals surface area contributed by atoms with Gasteiger partial charge in [-0.2, -0.15) is 0 Å². The van der Waals surface area contributed by atoms with Gasteiger partial charge in [-0.25, -0.2) is 8.78 Å². The Balaban J connectivity index is 2.19. The van der Waals surface area contributed by atoms with Gasteiger partial charge in [0, 0.05) is 24.8 Å². The minimum Gasteiger partial charge on any atom is -0.381 e. The molecule has 0 spiro atoms. The van der Waals surface area contributed by atoms with Gasteiger partial charge in [0.15, 0.2) is 11.6 Å². The molecule has 0 saturated carbocycles. The van der Waals surface area contributed by atoms with Crippen LogP contribution in [0.3, 0.4) is 0 Å². The molecule has 88 valence electrons. The number of benzene rings is 1. The number of ether oxygens (including phenoxy) is 1. The summed E-state index contributed by atoms with van der Waals surface area (Å²) in [5.74, 6) is -1.48. The van der Waals surface area contributed by atoms with Crippen molar-refractivity contribution in [2.75, 3.05) is 13.2 Å². The molecule has 2 rings (SSSR count). The van der Waals surface area contributed by atoms with Crippen LogP contribution in [0.4, 0.5) is 8.78 Å². The summed E-state index contributed by atoms with van der Waals surface area (Å²) in [6, 6.07) is 3.71. The Kier molecular flexibility index (Phi) is 3.51. The van der Waals surface area contributed by atoms with Crippen molar-refractivity contribution in [3.8, 4) is 0 Å². The van der Waals surface area contributed by atoms with Crippen molar-refractivity contribution in [1.82, 2.24) is 0 Å². The molecule has 0 radical (unpaired) electrons. The third-order valence-corrected chi connectivity index (χ3v) is 3.11. The highest BCUT2D eigenvalue weighted by molar-refractivity contribution is 5.22. The van der Waals surface area contributed by atoms with Crippen LogP contribution in [0, 0.1) is 17.6 Å². The monoisotopic (exact) mass is 227 g/mol. The molecule has 1 saturated heterocycles. The smallest absolute Gasteiger partial charge is 0.163 e. The molecule has 1 aromatic carbocycles. The Morgan fingerprint density at radius 2 is 1.94 bits per heavy atom. The van der Waals surface area contributed by atoms with Crippen LogP contribution in [0.15, 0.2) is 18.2 Å². The Bertz CT molecular complexity index is 364. The first-order valence-electron chi connectivity index (χ1n) is 5.47. The van der Waals surface area contributed by atoms with E-state index in [4.69, 9.17) is 10.5 Å². The Labute approximate surface area is 93.4 Å². The first kappa shape index (κ1) is 11.5. The van der Waals surface area contributed by atoms with Crippen molar-refractivity contribution in [2.24, 2.45) is 11.7 Å². The maximum absolute atomic E-state index is 13.5. The first-order chi connectivity index (χ1) is 7.70. The van der Waals surface area contributed by atoms with Gasteiger partial charge in [0.25, 0.3) is 0 Å². The van der Waals surface area contributed by atoms with Crippen molar-refractivity contribution in [3.05, 3.63) is 35.4 Å². The van der Waals surface area contributed by atoms with Crippen LogP contribution >= 0.6 is 0 Å². The van der Waals surface area contributed by atoms with Gasteiger partial charge in [0.1, 0.15) is 0 Å². The lowest BCUT2D eigenvalue weighted by Gasteiger charge is -2.28. The second-order valence-electron chi connectivity index (χ2n) is 4.12. The summed E-state index contributed by atoms with van der Waals surface area (Å²) in [5, 5.41) is 0. The molecule has 0 amide bonds. The molecule has 0 bridgehead atoms. The van der Waals surface area contributed by atoms with Crippen LogP contribution in [-0.2, 0) is 4.74 Å². The number of nitrogens with two attached hydrogens (primary N) is 1. The fourth-order valence-corrected chi connectivity index (χ4v) is 2.11. The molecule has 0 aliphatic carbocycles. The molecule has 1 aliphatic rings. The molecule has 2 nitrogen and oxygen atoms in total. The average molecular weight is 227 g/mol. The molecular weight excluding hydrogens is 212 g/mol. The Morgan fingerprint density at radius 3 is 2.62 bits per heavy atom. The van der Waals surface area contributed by atoms with E-state index in [1.54, 1.807) is 6.07 Å². The summed E-state index contributed by atoms with van der Waals surface area (Å²) in [7, 11) is 0. The zero-order valence-corrected chi connectivity index (χ0v) is 8.96. The maximum atomic E-state index is 13.5. The van der Waals surface area contributed by atoms with Crippen LogP contribution in [-0.4, -0.2) is 13.2 Å². The zero-order valence-electron chi connectivity index (χ0n) is 8.96. The van der Waals surface area contributed by atoms with E-state index in [2.05, 4.69) is 0 Å². The predicted octanol–water partition coefficient (Wildman–Crippen LogP) is 2.39. The first-order valence-corrected chi connectivity index (χ1v) is 5.47. The van der Waals surface area contributed by atoms with E-state index >= 15 is 0 Å². The standard InChI is InChI=1S/C12H15F2NO/c13-10-3-1-2-9(11(10)14)12(15)8-4-6-16-7-5-8/h1-3,8,12H,4-7,15H2/t12-/m1/s1.